The molecule has 0 spiro atoms. The van der Waals surface area contributed by atoms with Crippen LogP contribution in [0.1, 0.15) is 129 Å². The summed E-state index contributed by atoms with van der Waals surface area (Å²) in [4.78, 5) is 87.0. The molecule has 7 rings (SSSR count). The Morgan fingerprint density at radius 2 is 1.44 bits per heavy atom. The molecule has 2 aliphatic rings. The van der Waals surface area contributed by atoms with E-state index in [2.05, 4.69) is 73.2 Å². The lowest BCUT2D eigenvalue weighted by molar-refractivity contribution is -0.162. The van der Waals surface area contributed by atoms with Crippen LogP contribution >= 0.6 is 11.3 Å². The number of ketones is 1. The largest absolute Gasteiger partial charge is 0.493 e. The highest BCUT2D eigenvalue weighted by Crippen LogP contribution is 2.38. The van der Waals surface area contributed by atoms with E-state index in [1.54, 1.807) is 48.7 Å². The maximum atomic E-state index is 14.5. The van der Waals surface area contributed by atoms with Crippen molar-refractivity contribution in [2.75, 3.05) is 80.1 Å². The van der Waals surface area contributed by atoms with Gasteiger partial charge in [0, 0.05) is 37.4 Å². The van der Waals surface area contributed by atoms with Crippen molar-refractivity contribution in [1.29, 1.82) is 0 Å². The number of aliphatic hydroxyl groups excluding tert-OH is 1. The average molecular weight is 1250 g/mol. The van der Waals surface area contributed by atoms with Crippen LogP contribution in [-0.4, -0.2) is 155 Å². The van der Waals surface area contributed by atoms with Gasteiger partial charge in [0.05, 0.1) is 65.3 Å². The zero-order valence-electron chi connectivity index (χ0n) is 53.6. The first-order valence-electron chi connectivity index (χ1n) is 31.2. The smallest absolute Gasteiger partial charge is 0.329 e. The van der Waals surface area contributed by atoms with Gasteiger partial charge in [-0.25, -0.2) is 4.79 Å². The van der Waals surface area contributed by atoms with Gasteiger partial charge < -0.3 is 58.7 Å². The highest BCUT2D eigenvalue weighted by molar-refractivity contribution is 7.13. The number of β-amino-alcohol motifs (C(OH)–C–C–N with tert-alkyl or cyclic N) is 1. The fourth-order valence-corrected chi connectivity index (χ4v) is 12.5. The molecule has 2 fully saturated rings. The maximum Gasteiger partial charge on any atom is 0.329 e. The second-order valence-electron chi connectivity index (χ2n) is 24.3. The summed E-state index contributed by atoms with van der Waals surface area (Å²) >= 11 is 1.69. The van der Waals surface area contributed by atoms with Gasteiger partial charge in [0.15, 0.2) is 23.9 Å². The second-order valence-corrected chi connectivity index (χ2v) is 25.2. The predicted molar refractivity (Wildman–Crippen MR) is 342 cm³/mol. The Labute approximate surface area is 529 Å². The predicted octanol–water partition coefficient (Wildman–Crippen LogP) is 9.70. The van der Waals surface area contributed by atoms with E-state index in [1.807, 2.05) is 65.0 Å². The molecule has 0 aliphatic carbocycles. The minimum Gasteiger partial charge on any atom is -0.493 e. The van der Waals surface area contributed by atoms with E-state index in [1.165, 1.54) is 26.5 Å². The zero-order valence-corrected chi connectivity index (χ0v) is 54.4. The number of rotatable bonds is 32. The number of hydrogen-bond donors (Lipinski definition) is 3. The highest BCUT2D eigenvalue weighted by Gasteiger charge is 2.44. The first-order valence-corrected chi connectivity index (χ1v) is 32.0. The lowest BCUT2D eigenvalue weighted by Gasteiger charge is -2.37. The van der Waals surface area contributed by atoms with Crippen LogP contribution in [0, 0.1) is 33.1 Å². The van der Waals surface area contributed by atoms with E-state index in [-0.39, 0.29) is 89.8 Å². The summed E-state index contributed by atoms with van der Waals surface area (Å²) in [5.41, 5.74) is 8.44. The number of carbonyl (C=O) groups excluding carboxylic acids is 6. The third-order valence-electron chi connectivity index (χ3n) is 16.6. The molecule has 0 unspecified atom stereocenters. The number of esters is 1. The highest BCUT2D eigenvalue weighted by atomic mass is 32.1. The van der Waals surface area contributed by atoms with E-state index in [9.17, 15) is 33.9 Å². The number of hydrogen-bond acceptors (Lipinski definition) is 15. The van der Waals surface area contributed by atoms with Crippen LogP contribution in [0.15, 0.2) is 90.3 Å². The van der Waals surface area contributed by atoms with Crippen molar-refractivity contribution < 1.29 is 67.0 Å². The molecule has 0 radical (unpaired) electrons. The van der Waals surface area contributed by atoms with Crippen molar-refractivity contribution in [2.45, 2.75) is 149 Å². The molecule has 3 heterocycles. The number of nitrogens with zero attached hydrogens (tertiary/aromatic N) is 2. The number of piperidine rings is 1. The Balaban J connectivity index is 0.811. The summed E-state index contributed by atoms with van der Waals surface area (Å²) in [6, 6.07) is 25.0. The summed E-state index contributed by atoms with van der Waals surface area (Å²) in [5.74, 6) is -0.940. The lowest BCUT2D eigenvalue weighted by atomic mass is 9.85. The molecule has 1 aromatic heterocycles. The van der Waals surface area contributed by atoms with Gasteiger partial charge in [-0.05, 0) is 158 Å². The molecule has 3 N–H and O–H groups in total. The van der Waals surface area contributed by atoms with Gasteiger partial charge in [0.1, 0.15) is 30.5 Å². The summed E-state index contributed by atoms with van der Waals surface area (Å²) in [6.07, 6.45) is 2.96. The Morgan fingerprint density at radius 1 is 0.708 bits per heavy atom. The number of likely N-dealkylation sites (tertiary alicyclic amines) is 2. The molecule has 89 heavy (non-hydrogen) atoms. The standard InChI is InChI=1S/C70H92N4O14S/c1-11-56(53-38-48(5)64(83-10)61(40-53)82-9)67(79)73-30-13-12-17-57(73)69(81)88-60(27-23-50-19-18-45(2)47(4)37-50)52-15-14-16-55(39-52)87-44-62(77)71-29-31-84-32-33-85-34-35-86-43-63(78)72-66(70(6,7)8)68(80)74-42-54(75)41-58(74)59(76)26-22-49-20-24-51(25-21-49)65-46(3)28-36-89-65/h14-16,18-21,24-25,28,36-40,54,56-58,60,66,75H,11-13,17,22-23,26-27,29-35,41-44H2,1-10H3,(H,71,77)(H,72,78)/t54-,56+,57+,58+,60-,66-/m1/s1. The molecule has 6 atom stereocenters. The average Bonchev–Trinajstić information content (AvgIpc) is 2.83. The quantitative estimate of drug-likeness (QED) is 0.0270. The summed E-state index contributed by atoms with van der Waals surface area (Å²) < 4.78 is 40.4. The summed E-state index contributed by atoms with van der Waals surface area (Å²) in [7, 11) is 3.16. The van der Waals surface area contributed by atoms with Gasteiger partial charge in [0.25, 0.3) is 5.91 Å². The Morgan fingerprint density at radius 3 is 2.12 bits per heavy atom. The first kappa shape index (κ1) is 69.3. The Kier molecular flexibility index (Phi) is 26.2. The van der Waals surface area contributed by atoms with Crippen molar-refractivity contribution in [1.82, 2.24) is 20.4 Å². The number of aliphatic hydroxyl groups is 1. The number of methoxy groups -OCH3 is 2. The lowest BCUT2D eigenvalue weighted by Crippen LogP contribution is -2.57. The summed E-state index contributed by atoms with van der Waals surface area (Å²) in [6.45, 7) is 16.7. The van der Waals surface area contributed by atoms with E-state index < -0.39 is 59.5 Å². The van der Waals surface area contributed by atoms with Crippen LogP contribution in [-0.2, 0) is 60.6 Å². The minimum atomic E-state index is -0.971. The molecule has 2 aliphatic heterocycles. The molecule has 4 amide bonds. The number of thiophene rings is 1. The molecular weight excluding hydrogens is 1150 g/mol. The third kappa shape index (κ3) is 19.7. The maximum absolute atomic E-state index is 14.5. The number of amides is 4. The second kappa shape index (κ2) is 33.6. The number of Topliss-reactive ketones (excluding diaryl/α,β-unsaturated/α-hetero) is 1. The van der Waals surface area contributed by atoms with Gasteiger partial charge in [-0.15, -0.1) is 11.3 Å². The monoisotopic (exact) mass is 1240 g/mol. The fourth-order valence-electron chi connectivity index (χ4n) is 11.5. The van der Waals surface area contributed by atoms with Crippen molar-refractivity contribution in [2.24, 2.45) is 5.41 Å². The van der Waals surface area contributed by atoms with E-state index in [0.717, 1.165) is 40.7 Å². The number of aryl methyl sites for hydroxylation is 6. The van der Waals surface area contributed by atoms with Crippen molar-refractivity contribution in [3.05, 3.63) is 135 Å². The van der Waals surface area contributed by atoms with Gasteiger partial charge in [0.2, 0.25) is 17.7 Å². The Hall–Kier alpha value is -7.16. The van der Waals surface area contributed by atoms with Crippen molar-refractivity contribution in [3.8, 4) is 27.7 Å². The third-order valence-corrected chi connectivity index (χ3v) is 17.7. The van der Waals surface area contributed by atoms with Gasteiger partial charge >= 0.3 is 5.97 Å². The van der Waals surface area contributed by atoms with Crippen LogP contribution in [0.2, 0.25) is 0 Å². The fraction of sp³-hybridized carbons (Fsp3) is 0.514. The topological polar surface area (TPSA) is 218 Å². The molecule has 482 valence electrons. The van der Waals surface area contributed by atoms with E-state index >= 15 is 0 Å². The number of benzene rings is 4. The van der Waals surface area contributed by atoms with Gasteiger partial charge in [-0.3, -0.25) is 24.0 Å². The van der Waals surface area contributed by atoms with E-state index in [4.69, 9.17) is 33.2 Å². The van der Waals surface area contributed by atoms with Crippen molar-refractivity contribution >= 4 is 46.7 Å². The number of ether oxygens (including phenoxy) is 7. The van der Waals surface area contributed by atoms with Crippen LogP contribution in [0.5, 0.6) is 17.2 Å². The normalized spacial score (nSPS) is 16.9. The Bertz CT molecular complexity index is 3180. The molecule has 2 saturated heterocycles. The number of nitrogens with one attached hydrogen (secondary N) is 2. The van der Waals surface area contributed by atoms with Crippen LogP contribution in [0.3, 0.4) is 0 Å². The van der Waals surface area contributed by atoms with Gasteiger partial charge in [-0.1, -0.05) is 88.4 Å². The van der Waals surface area contributed by atoms with Crippen LogP contribution < -0.4 is 24.8 Å². The van der Waals surface area contributed by atoms with Crippen LogP contribution in [0.4, 0.5) is 0 Å². The SMILES string of the molecule is CC[C@H](C(=O)N1CCCC[C@H]1C(=O)O[C@H](CCc1ccc(C)c(C)c1)c1cccc(OCC(=O)NCCOCCOCCOCC(=O)N[C@H](C(=O)N2C[C@H](O)C[C@H]2C(=O)CCc2ccc(-c3sccc3C)cc2)C(C)(C)C)c1)c1cc(C)c(OC)c(OC)c1. The zero-order chi connectivity index (χ0) is 64.2. The minimum absolute atomic E-state index is 0.00338. The first-order chi connectivity index (χ1) is 42.7. The summed E-state index contributed by atoms with van der Waals surface area (Å²) in [5, 5.41) is 18.3. The number of carbonyl (C=O) groups is 6. The molecule has 4 aromatic carbocycles. The molecule has 19 heteroatoms. The van der Waals surface area contributed by atoms with Gasteiger partial charge in [-0.2, -0.15) is 0 Å². The molecule has 5 aromatic rings. The van der Waals surface area contributed by atoms with Crippen molar-refractivity contribution in [3.63, 3.8) is 0 Å². The van der Waals surface area contributed by atoms with E-state index in [0.29, 0.717) is 61.5 Å². The molecule has 18 nitrogen and oxygen atoms in total. The molecule has 0 saturated carbocycles. The molecule has 0 bridgehead atoms. The molecular formula is C70H92N4O14S. The van der Waals surface area contributed by atoms with Crippen LogP contribution in [0.25, 0.3) is 10.4 Å².